The zero-order valence-electron chi connectivity index (χ0n) is 7.80. The molecule has 0 atom stereocenters. The smallest absolute Gasteiger partial charge is 0.505 e. The molecule has 0 aliphatic heterocycles. The highest BCUT2D eigenvalue weighted by Gasteiger charge is 2.32. The average molecular weight is 256 g/mol. The molecule has 1 rings (SSSR count). The lowest BCUT2D eigenvalue weighted by atomic mass is 10.3. The number of aromatic nitrogens is 1. The molecule has 0 radical (unpaired) electrons. The second-order valence-electron chi connectivity index (χ2n) is 2.76. The summed E-state index contributed by atoms with van der Waals surface area (Å²) in [5.74, 6) is -1.46. The monoisotopic (exact) mass is 255 g/mol. The summed E-state index contributed by atoms with van der Waals surface area (Å²) in [6.07, 6.45) is -4.90. The van der Waals surface area contributed by atoms with Gasteiger partial charge < -0.3 is 9.84 Å². The molecule has 0 unspecified atom stereocenters. The van der Waals surface area contributed by atoms with E-state index in [1.165, 1.54) is 6.92 Å². The molecule has 4 nitrogen and oxygen atoms in total. The van der Waals surface area contributed by atoms with Gasteiger partial charge in [0.2, 0.25) is 0 Å². The number of hydrogen-bond acceptors (Lipinski definition) is 4. The fourth-order valence-electron chi connectivity index (χ4n) is 0.950. The van der Waals surface area contributed by atoms with Gasteiger partial charge in [-0.2, -0.15) is 0 Å². The summed E-state index contributed by atoms with van der Waals surface area (Å²) in [6, 6.07) is 0.630. The van der Waals surface area contributed by atoms with Crippen molar-refractivity contribution in [2.45, 2.75) is 13.3 Å². The zero-order valence-corrected chi connectivity index (χ0v) is 8.56. The first kappa shape index (κ1) is 12.6. The molecule has 0 fully saturated rings. The average Bonchev–Trinajstić information content (AvgIpc) is 2.07. The largest absolute Gasteiger partial charge is 0.573 e. The predicted molar refractivity (Wildman–Crippen MR) is 47.5 cm³/mol. The van der Waals surface area contributed by atoms with Crippen LogP contribution in [0.3, 0.4) is 0 Å². The van der Waals surface area contributed by atoms with Gasteiger partial charge in [0.15, 0.2) is 11.4 Å². The van der Waals surface area contributed by atoms with Crippen LogP contribution in [0.25, 0.3) is 0 Å². The topological polar surface area (TPSA) is 59.4 Å². The first-order valence-electron chi connectivity index (χ1n) is 3.87. The Hall–Kier alpha value is -1.50. The van der Waals surface area contributed by atoms with Gasteiger partial charge in [0.1, 0.15) is 5.75 Å². The normalized spacial score (nSPS) is 11.3. The molecule has 0 bridgehead atoms. The van der Waals surface area contributed by atoms with Crippen LogP contribution in [0.5, 0.6) is 11.5 Å². The molecule has 0 spiro atoms. The number of aromatic hydroxyl groups is 1. The van der Waals surface area contributed by atoms with Crippen molar-refractivity contribution < 1.29 is 27.8 Å². The number of alkyl halides is 3. The third-order valence-corrected chi connectivity index (χ3v) is 1.74. The molecule has 0 saturated heterocycles. The zero-order chi connectivity index (χ0) is 12.5. The summed E-state index contributed by atoms with van der Waals surface area (Å²) in [6.45, 7) is 1.18. The van der Waals surface area contributed by atoms with Gasteiger partial charge in [0, 0.05) is 6.07 Å². The van der Waals surface area contributed by atoms with E-state index in [1.807, 2.05) is 0 Å². The number of rotatable bonds is 2. The molecular formula is C8H5ClF3NO3. The Morgan fingerprint density at radius 3 is 2.56 bits per heavy atom. The van der Waals surface area contributed by atoms with E-state index in [0.29, 0.717) is 6.07 Å². The molecule has 0 amide bonds. The van der Waals surface area contributed by atoms with Gasteiger partial charge in [-0.1, -0.05) is 0 Å². The molecule has 16 heavy (non-hydrogen) atoms. The number of ether oxygens (including phenoxy) is 1. The van der Waals surface area contributed by atoms with Crippen molar-refractivity contribution >= 4 is 16.8 Å². The van der Waals surface area contributed by atoms with Crippen LogP contribution in [0.1, 0.15) is 16.2 Å². The van der Waals surface area contributed by atoms with Crippen molar-refractivity contribution in [3.8, 4) is 11.5 Å². The lowest BCUT2D eigenvalue weighted by molar-refractivity contribution is -0.275. The molecule has 1 heterocycles. The highest BCUT2D eigenvalue weighted by Crippen LogP contribution is 2.30. The van der Waals surface area contributed by atoms with Crippen LogP contribution in [0.4, 0.5) is 13.2 Å². The summed E-state index contributed by atoms with van der Waals surface area (Å²) in [7, 11) is 0. The van der Waals surface area contributed by atoms with Crippen molar-refractivity contribution in [1.82, 2.24) is 4.98 Å². The van der Waals surface area contributed by atoms with Crippen molar-refractivity contribution in [1.29, 1.82) is 0 Å². The summed E-state index contributed by atoms with van der Waals surface area (Å²) in [4.78, 5) is 14.1. The minimum Gasteiger partial charge on any atom is -0.505 e. The molecule has 1 aromatic rings. The maximum Gasteiger partial charge on any atom is 0.573 e. The van der Waals surface area contributed by atoms with E-state index in [2.05, 4.69) is 9.72 Å². The summed E-state index contributed by atoms with van der Waals surface area (Å²) < 4.78 is 39.2. The number of pyridine rings is 1. The van der Waals surface area contributed by atoms with Gasteiger partial charge in [-0.05, 0) is 18.5 Å². The lowest BCUT2D eigenvalue weighted by Gasteiger charge is -2.11. The number of carbonyl (C=O) groups is 1. The van der Waals surface area contributed by atoms with E-state index in [9.17, 15) is 18.0 Å². The molecule has 0 aliphatic rings. The minimum atomic E-state index is -4.90. The van der Waals surface area contributed by atoms with Crippen LogP contribution >= 0.6 is 11.6 Å². The van der Waals surface area contributed by atoms with Gasteiger partial charge in [0.05, 0.1) is 5.69 Å². The maximum atomic E-state index is 11.9. The number of aryl methyl sites for hydroxylation is 1. The first-order valence-corrected chi connectivity index (χ1v) is 4.24. The highest BCUT2D eigenvalue weighted by atomic mass is 35.5. The van der Waals surface area contributed by atoms with Crippen LogP contribution in [0.15, 0.2) is 6.07 Å². The van der Waals surface area contributed by atoms with Crippen LogP contribution in [0, 0.1) is 6.92 Å². The number of carbonyl (C=O) groups excluding carboxylic acids is 1. The molecule has 0 aromatic carbocycles. The van der Waals surface area contributed by atoms with Gasteiger partial charge in [-0.3, -0.25) is 4.79 Å². The number of halogens is 4. The second-order valence-corrected chi connectivity index (χ2v) is 3.10. The fraction of sp³-hybridized carbons (Fsp3) is 0.250. The van der Waals surface area contributed by atoms with Gasteiger partial charge in [0.25, 0.3) is 5.24 Å². The van der Waals surface area contributed by atoms with E-state index in [1.54, 1.807) is 0 Å². The van der Waals surface area contributed by atoms with Crippen LogP contribution in [0.2, 0.25) is 0 Å². The standard InChI is InChI=1S/C8H5ClF3NO3/c1-3-5(16-8(10,11)12)2-4(14)6(13-3)7(9)15/h2,14H,1H3. The van der Waals surface area contributed by atoms with Crippen LogP contribution in [-0.2, 0) is 0 Å². The molecule has 88 valence electrons. The Morgan fingerprint density at radius 1 is 1.56 bits per heavy atom. The van der Waals surface area contributed by atoms with E-state index < -0.39 is 28.8 Å². The maximum absolute atomic E-state index is 11.9. The Morgan fingerprint density at radius 2 is 2.12 bits per heavy atom. The number of nitrogens with zero attached hydrogens (tertiary/aromatic N) is 1. The Labute approximate surface area is 92.6 Å². The molecule has 0 saturated carbocycles. The lowest BCUT2D eigenvalue weighted by Crippen LogP contribution is -2.18. The second kappa shape index (κ2) is 4.17. The molecule has 1 N–H and O–H groups in total. The Bertz CT molecular complexity index is 433. The van der Waals surface area contributed by atoms with Crippen molar-refractivity contribution in [2.75, 3.05) is 0 Å². The van der Waals surface area contributed by atoms with Crippen LogP contribution in [-0.4, -0.2) is 21.7 Å². The van der Waals surface area contributed by atoms with E-state index >= 15 is 0 Å². The fourth-order valence-corrected chi connectivity index (χ4v) is 1.09. The third-order valence-electron chi connectivity index (χ3n) is 1.56. The number of hydrogen-bond donors (Lipinski definition) is 1. The van der Waals surface area contributed by atoms with Crippen molar-refractivity contribution in [3.05, 3.63) is 17.5 Å². The van der Waals surface area contributed by atoms with E-state index in [-0.39, 0.29) is 5.69 Å². The van der Waals surface area contributed by atoms with E-state index in [4.69, 9.17) is 16.7 Å². The third kappa shape index (κ3) is 2.99. The Balaban J connectivity index is 3.16. The van der Waals surface area contributed by atoms with Crippen molar-refractivity contribution in [2.24, 2.45) is 0 Å². The first-order chi connectivity index (χ1) is 7.20. The SMILES string of the molecule is Cc1nc(C(=O)Cl)c(O)cc1OC(F)(F)F. The molecule has 1 aromatic heterocycles. The van der Waals surface area contributed by atoms with Crippen LogP contribution < -0.4 is 4.74 Å². The van der Waals surface area contributed by atoms with E-state index in [0.717, 1.165) is 0 Å². The highest BCUT2D eigenvalue weighted by molar-refractivity contribution is 6.67. The summed E-state index contributed by atoms with van der Waals surface area (Å²) >= 11 is 5.04. The molecule has 0 aliphatic carbocycles. The van der Waals surface area contributed by atoms with Gasteiger partial charge >= 0.3 is 6.36 Å². The van der Waals surface area contributed by atoms with Crippen molar-refractivity contribution in [3.63, 3.8) is 0 Å². The minimum absolute atomic E-state index is 0.209. The van der Waals surface area contributed by atoms with Gasteiger partial charge in [-0.25, -0.2) is 4.98 Å². The molecule has 8 heteroatoms. The summed E-state index contributed by atoms with van der Waals surface area (Å²) in [5.41, 5.74) is -0.729. The Kier molecular flexibility index (Phi) is 3.27. The predicted octanol–water partition coefficient (Wildman–Crippen LogP) is 2.37. The molecular weight excluding hydrogens is 251 g/mol. The van der Waals surface area contributed by atoms with Gasteiger partial charge in [-0.15, -0.1) is 13.2 Å². The quantitative estimate of drug-likeness (QED) is 0.824. The summed E-state index contributed by atoms with van der Waals surface area (Å²) in [5, 5.41) is 8.10.